The second kappa shape index (κ2) is 7.99. The highest BCUT2D eigenvalue weighted by atomic mass is 16.5. The van der Waals surface area contributed by atoms with E-state index in [1.54, 1.807) is 0 Å². The molecule has 0 aliphatic carbocycles. The summed E-state index contributed by atoms with van der Waals surface area (Å²) >= 11 is 0. The number of nitrogens with zero attached hydrogens (tertiary/aromatic N) is 1. The Morgan fingerprint density at radius 3 is 2.80 bits per heavy atom. The third-order valence-corrected chi connectivity index (χ3v) is 3.35. The molecule has 1 aliphatic heterocycles. The predicted molar refractivity (Wildman–Crippen MR) is 79.7 cm³/mol. The van der Waals surface area contributed by atoms with Crippen LogP contribution in [-0.4, -0.2) is 50.2 Å². The fraction of sp³-hybridized carbons (Fsp3) is 0.533. The van der Waals surface area contributed by atoms with Crippen molar-refractivity contribution in [1.29, 1.82) is 0 Å². The van der Waals surface area contributed by atoms with Crippen LogP contribution < -0.4 is 10.6 Å². The fourth-order valence-electron chi connectivity index (χ4n) is 2.27. The minimum absolute atomic E-state index is 0.0363. The minimum atomic E-state index is -0.0363. The first-order chi connectivity index (χ1) is 9.75. The van der Waals surface area contributed by atoms with Gasteiger partial charge in [0.2, 0.25) is 5.91 Å². The summed E-state index contributed by atoms with van der Waals surface area (Å²) in [6, 6.07) is 7.89. The molecule has 110 valence electrons. The third-order valence-electron chi connectivity index (χ3n) is 3.35. The number of carbonyl (C=O) groups is 1. The van der Waals surface area contributed by atoms with Crippen LogP contribution in [0.3, 0.4) is 0 Å². The topological polar surface area (TPSA) is 53.6 Å². The summed E-state index contributed by atoms with van der Waals surface area (Å²) in [6.07, 6.45) is 0. The second-order valence-electron chi connectivity index (χ2n) is 4.97. The number of nitrogens with one attached hydrogen (secondary N) is 2. The van der Waals surface area contributed by atoms with Crippen LogP contribution in [0.15, 0.2) is 24.3 Å². The van der Waals surface area contributed by atoms with Crippen molar-refractivity contribution in [2.75, 3.05) is 44.7 Å². The van der Waals surface area contributed by atoms with Crippen molar-refractivity contribution in [3.8, 4) is 0 Å². The summed E-state index contributed by atoms with van der Waals surface area (Å²) in [7, 11) is 0. The van der Waals surface area contributed by atoms with E-state index in [4.69, 9.17) is 4.74 Å². The molecule has 1 aromatic rings. The van der Waals surface area contributed by atoms with Crippen molar-refractivity contribution in [3.05, 3.63) is 29.8 Å². The van der Waals surface area contributed by atoms with Crippen LogP contribution in [0, 0.1) is 0 Å². The van der Waals surface area contributed by atoms with Crippen molar-refractivity contribution < 1.29 is 9.53 Å². The number of amides is 1. The van der Waals surface area contributed by atoms with Gasteiger partial charge < -0.3 is 15.4 Å². The van der Waals surface area contributed by atoms with Crippen LogP contribution in [-0.2, 0) is 16.1 Å². The van der Waals surface area contributed by atoms with E-state index in [9.17, 15) is 4.79 Å². The lowest BCUT2D eigenvalue weighted by Gasteiger charge is -2.26. The first-order valence-corrected chi connectivity index (χ1v) is 7.12. The van der Waals surface area contributed by atoms with Gasteiger partial charge >= 0.3 is 0 Å². The van der Waals surface area contributed by atoms with E-state index in [2.05, 4.69) is 15.5 Å². The largest absolute Gasteiger partial charge is 0.379 e. The fourth-order valence-corrected chi connectivity index (χ4v) is 2.27. The number of benzene rings is 1. The summed E-state index contributed by atoms with van der Waals surface area (Å²) in [4.78, 5) is 13.6. The number of hydrogen-bond donors (Lipinski definition) is 2. The zero-order valence-electron chi connectivity index (χ0n) is 12.0. The molecule has 1 aliphatic rings. The third kappa shape index (κ3) is 4.92. The maximum atomic E-state index is 11.2. The van der Waals surface area contributed by atoms with Gasteiger partial charge in [0, 0.05) is 45.3 Å². The molecule has 1 heterocycles. The number of carbonyl (C=O) groups excluding carboxylic acids is 1. The highest BCUT2D eigenvalue weighted by molar-refractivity contribution is 5.89. The number of hydrogen-bond acceptors (Lipinski definition) is 4. The predicted octanol–water partition coefficient (Wildman–Crippen LogP) is 1.07. The quantitative estimate of drug-likeness (QED) is 0.764. The number of rotatable bonds is 6. The molecular formula is C15H23N3O2. The Kier molecular flexibility index (Phi) is 5.98. The first-order valence-electron chi connectivity index (χ1n) is 7.12. The van der Waals surface area contributed by atoms with E-state index in [-0.39, 0.29) is 5.91 Å². The molecule has 0 atom stereocenters. The molecule has 0 saturated carbocycles. The van der Waals surface area contributed by atoms with Gasteiger partial charge in [-0.25, -0.2) is 0 Å². The van der Waals surface area contributed by atoms with E-state index in [0.717, 1.165) is 57.2 Å². The van der Waals surface area contributed by atoms with Gasteiger partial charge in [-0.15, -0.1) is 0 Å². The normalized spacial score (nSPS) is 16.1. The zero-order chi connectivity index (χ0) is 14.2. The summed E-state index contributed by atoms with van der Waals surface area (Å²) < 4.78 is 5.33. The highest BCUT2D eigenvalue weighted by Crippen LogP contribution is 2.14. The van der Waals surface area contributed by atoms with Gasteiger partial charge in [0.1, 0.15) is 0 Å². The van der Waals surface area contributed by atoms with Crippen LogP contribution >= 0.6 is 0 Å². The number of anilines is 1. The van der Waals surface area contributed by atoms with Crippen LogP contribution in [0.1, 0.15) is 12.5 Å². The Morgan fingerprint density at radius 2 is 2.05 bits per heavy atom. The van der Waals surface area contributed by atoms with Gasteiger partial charge in [-0.1, -0.05) is 18.2 Å². The summed E-state index contributed by atoms with van der Waals surface area (Å²) in [5.41, 5.74) is 2.00. The molecule has 1 aromatic carbocycles. The minimum Gasteiger partial charge on any atom is -0.379 e. The molecule has 5 nitrogen and oxygen atoms in total. The van der Waals surface area contributed by atoms with Crippen molar-refractivity contribution in [2.45, 2.75) is 13.5 Å². The Hall–Kier alpha value is -1.43. The molecule has 1 fully saturated rings. The van der Waals surface area contributed by atoms with Gasteiger partial charge in [0.15, 0.2) is 0 Å². The average molecular weight is 277 g/mol. The lowest BCUT2D eigenvalue weighted by molar-refractivity contribution is -0.114. The summed E-state index contributed by atoms with van der Waals surface area (Å²) in [6.45, 7) is 7.98. The van der Waals surface area contributed by atoms with Crippen LogP contribution in [0.25, 0.3) is 0 Å². The van der Waals surface area contributed by atoms with E-state index < -0.39 is 0 Å². The van der Waals surface area contributed by atoms with Gasteiger partial charge in [0.05, 0.1) is 13.2 Å². The Morgan fingerprint density at radius 1 is 1.30 bits per heavy atom. The maximum Gasteiger partial charge on any atom is 0.221 e. The molecule has 0 unspecified atom stereocenters. The summed E-state index contributed by atoms with van der Waals surface area (Å²) in [5.74, 6) is -0.0363. The van der Waals surface area contributed by atoms with Gasteiger partial charge in [-0.3, -0.25) is 9.69 Å². The smallest absolute Gasteiger partial charge is 0.221 e. The van der Waals surface area contributed by atoms with E-state index in [1.165, 1.54) is 6.92 Å². The molecule has 0 spiro atoms. The number of ether oxygens (including phenoxy) is 1. The van der Waals surface area contributed by atoms with Gasteiger partial charge in [0.25, 0.3) is 0 Å². The van der Waals surface area contributed by atoms with Crippen LogP contribution in [0.4, 0.5) is 5.69 Å². The lowest BCUT2D eigenvalue weighted by atomic mass is 10.1. The molecule has 20 heavy (non-hydrogen) atoms. The van der Waals surface area contributed by atoms with Gasteiger partial charge in [-0.2, -0.15) is 0 Å². The highest BCUT2D eigenvalue weighted by Gasteiger charge is 2.09. The Labute approximate surface area is 120 Å². The molecule has 0 aromatic heterocycles. The van der Waals surface area contributed by atoms with Crippen molar-refractivity contribution in [3.63, 3.8) is 0 Å². The summed E-state index contributed by atoms with van der Waals surface area (Å²) in [5, 5.41) is 6.29. The Balaban J connectivity index is 1.74. The zero-order valence-corrected chi connectivity index (χ0v) is 12.0. The lowest BCUT2D eigenvalue weighted by Crippen LogP contribution is -2.40. The van der Waals surface area contributed by atoms with Crippen LogP contribution in [0.5, 0.6) is 0 Å². The van der Waals surface area contributed by atoms with Crippen LogP contribution in [0.2, 0.25) is 0 Å². The molecule has 0 bridgehead atoms. The molecule has 5 heteroatoms. The number of para-hydroxylation sites is 1. The van der Waals surface area contributed by atoms with Gasteiger partial charge in [-0.05, 0) is 11.6 Å². The molecule has 1 saturated heterocycles. The van der Waals surface area contributed by atoms with E-state index in [1.807, 2.05) is 24.3 Å². The van der Waals surface area contributed by atoms with E-state index >= 15 is 0 Å². The maximum absolute atomic E-state index is 11.2. The molecule has 1 amide bonds. The van der Waals surface area contributed by atoms with Crippen molar-refractivity contribution >= 4 is 11.6 Å². The average Bonchev–Trinajstić information content (AvgIpc) is 2.46. The standard InChI is InChI=1S/C15H23N3O2/c1-13(19)17-15-5-3-2-4-14(15)12-16-6-7-18-8-10-20-11-9-18/h2-5,16H,6-12H2,1H3,(H,17,19). The van der Waals surface area contributed by atoms with Crippen molar-refractivity contribution in [2.24, 2.45) is 0 Å². The Bertz CT molecular complexity index is 431. The monoisotopic (exact) mass is 277 g/mol. The first kappa shape index (κ1) is 15.0. The van der Waals surface area contributed by atoms with E-state index in [0.29, 0.717) is 0 Å². The number of morpholine rings is 1. The SMILES string of the molecule is CC(=O)Nc1ccccc1CNCCN1CCOCC1. The molecule has 0 radical (unpaired) electrons. The molecule has 2 rings (SSSR count). The van der Waals surface area contributed by atoms with Crippen molar-refractivity contribution in [1.82, 2.24) is 10.2 Å². The molecular weight excluding hydrogens is 254 g/mol. The molecule has 2 N–H and O–H groups in total. The second-order valence-corrected chi connectivity index (χ2v) is 4.97.